The maximum Gasteiger partial charge on any atom is 0.251 e. The monoisotopic (exact) mass is 526 g/mol. The summed E-state index contributed by atoms with van der Waals surface area (Å²) < 4.78 is 30.9. The molecule has 194 valence electrons. The first-order chi connectivity index (χ1) is 17.7. The first-order valence-electron chi connectivity index (χ1n) is 12.1. The number of fused-ring (bicyclic) bond motifs is 1. The zero-order valence-electron chi connectivity index (χ0n) is 20.8. The second-order valence-electron chi connectivity index (χ2n) is 9.75. The average molecular weight is 527 g/mol. The van der Waals surface area contributed by atoms with E-state index in [4.69, 9.17) is 25.8 Å². The number of carbonyl (C=O) groups is 1. The number of pyridine rings is 1. The Labute approximate surface area is 219 Å². The second-order valence-corrected chi connectivity index (χ2v) is 10.2. The fraction of sp³-hybridized carbons (Fsp3) is 0.357. The lowest BCUT2D eigenvalue weighted by Gasteiger charge is -2.25. The lowest BCUT2D eigenvalue weighted by molar-refractivity contribution is 0.0489. The summed E-state index contributed by atoms with van der Waals surface area (Å²) in [6, 6.07) is 11.1. The molecule has 1 fully saturated rings. The molecule has 1 aliphatic heterocycles. The standard InChI is InChI=1S/C28H28ClFN2O5/c1-15-13-36-26-19(15)12-24(32-25(26)16-4-8-21(30)20(29)10-16)28(2,34)14-31-27(33)17-5-9-22(23(11-17)35-3)37-18-6-7-18/h4-5,8-12,15,18,34H,6-7,13-14H2,1-3H3,(H,31,33)/t15-,28+/m1/s1. The molecular weight excluding hydrogens is 499 g/mol. The van der Waals surface area contributed by atoms with Gasteiger partial charge in [0.15, 0.2) is 11.5 Å². The highest BCUT2D eigenvalue weighted by Crippen LogP contribution is 2.43. The maximum atomic E-state index is 13.8. The normalized spacial score (nSPS) is 17.9. The molecule has 1 saturated carbocycles. The van der Waals surface area contributed by atoms with E-state index >= 15 is 0 Å². The minimum atomic E-state index is -1.51. The highest BCUT2D eigenvalue weighted by molar-refractivity contribution is 6.31. The van der Waals surface area contributed by atoms with Crippen molar-refractivity contribution in [1.29, 1.82) is 0 Å². The number of aromatic nitrogens is 1. The van der Waals surface area contributed by atoms with Crippen LogP contribution in [-0.4, -0.2) is 42.4 Å². The molecule has 3 aromatic rings. The van der Waals surface area contributed by atoms with Crippen LogP contribution in [0, 0.1) is 5.82 Å². The molecule has 0 saturated heterocycles. The number of nitrogens with zero attached hydrogens (tertiary/aromatic N) is 1. The van der Waals surface area contributed by atoms with Gasteiger partial charge in [-0.15, -0.1) is 0 Å². The number of amides is 1. The number of carbonyl (C=O) groups excluding carboxylic acids is 1. The van der Waals surface area contributed by atoms with Crippen LogP contribution >= 0.6 is 11.6 Å². The van der Waals surface area contributed by atoms with E-state index in [1.54, 1.807) is 37.3 Å². The van der Waals surface area contributed by atoms with E-state index in [1.807, 2.05) is 6.92 Å². The highest BCUT2D eigenvalue weighted by Gasteiger charge is 2.33. The predicted octanol–water partition coefficient (Wildman–Crippen LogP) is 5.22. The number of rotatable bonds is 8. The van der Waals surface area contributed by atoms with Gasteiger partial charge in [-0.25, -0.2) is 9.37 Å². The Kier molecular flexibility index (Phi) is 6.72. The van der Waals surface area contributed by atoms with E-state index in [9.17, 15) is 14.3 Å². The molecule has 0 bridgehead atoms. The number of aliphatic hydroxyl groups is 1. The Morgan fingerprint density at radius 3 is 2.73 bits per heavy atom. The van der Waals surface area contributed by atoms with Gasteiger partial charge in [0.05, 0.1) is 37.1 Å². The Morgan fingerprint density at radius 2 is 2.03 bits per heavy atom. The van der Waals surface area contributed by atoms with Gasteiger partial charge >= 0.3 is 0 Å². The smallest absolute Gasteiger partial charge is 0.251 e. The summed E-state index contributed by atoms with van der Waals surface area (Å²) in [5.74, 6) is 0.815. The average Bonchev–Trinajstić information content (AvgIpc) is 3.63. The minimum absolute atomic E-state index is 0.0347. The van der Waals surface area contributed by atoms with E-state index in [2.05, 4.69) is 10.3 Å². The third-order valence-electron chi connectivity index (χ3n) is 6.59. The lowest BCUT2D eigenvalue weighted by atomic mass is 9.94. The van der Waals surface area contributed by atoms with Crippen LogP contribution < -0.4 is 19.5 Å². The van der Waals surface area contributed by atoms with Crippen LogP contribution in [0.4, 0.5) is 4.39 Å². The fourth-order valence-corrected chi connectivity index (χ4v) is 4.38. The van der Waals surface area contributed by atoms with Crippen molar-refractivity contribution in [3.05, 3.63) is 70.1 Å². The fourth-order valence-electron chi connectivity index (χ4n) is 4.20. The summed E-state index contributed by atoms with van der Waals surface area (Å²) in [6.45, 7) is 3.96. The van der Waals surface area contributed by atoms with Gasteiger partial charge in [-0.05, 0) is 62.2 Å². The largest absolute Gasteiger partial charge is 0.493 e. The van der Waals surface area contributed by atoms with E-state index in [0.717, 1.165) is 18.4 Å². The van der Waals surface area contributed by atoms with E-state index < -0.39 is 11.4 Å². The van der Waals surface area contributed by atoms with Gasteiger partial charge in [0.25, 0.3) is 5.91 Å². The molecular formula is C28H28ClFN2O5. The number of nitrogens with one attached hydrogen (secondary N) is 1. The molecule has 1 aromatic heterocycles. The molecule has 2 aromatic carbocycles. The molecule has 0 radical (unpaired) electrons. The Hall–Kier alpha value is -3.36. The van der Waals surface area contributed by atoms with Gasteiger partial charge in [-0.1, -0.05) is 18.5 Å². The number of ether oxygens (including phenoxy) is 3. The Morgan fingerprint density at radius 1 is 1.24 bits per heavy atom. The molecule has 2 N–H and O–H groups in total. The van der Waals surface area contributed by atoms with Crippen LogP contribution in [0.5, 0.6) is 17.2 Å². The molecule has 9 heteroatoms. The molecule has 2 atom stereocenters. The summed E-state index contributed by atoms with van der Waals surface area (Å²) in [5.41, 5.74) is 1.12. The molecule has 1 aliphatic carbocycles. The number of methoxy groups -OCH3 is 1. The summed E-state index contributed by atoms with van der Waals surface area (Å²) in [4.78, 5) is 17.6. The van der Waals surface area contributed by atoms with Gasteiger partial charge in [0, 0.05) is 22.6 Å². The topological polar surface area (TPSA) is 89.9 Å². The molecule has 5 rings (SSSR count). The van der Waals surface area contributed by atoms with Gasteiger partial charge in [0.1, 0.15) is 22.9 Å². The van der Waals surface area contributed by atoms with Crippen molar-refractivity contribution in [2.75, 3.05) is 20.3 Å². The molecule has 0 spiro atoms. The zero-order chi connectivity index (χ0) is 26.3. The van der Waals surface area contributed by atoms with E-state index in [0.29, 0.717) is 46.4 Å². The molecule has 2 heterocycles. The minimum Gasteiger partial charge on any atom is -0.493 e. The van der Waals surface area contributed by atoms with E-state index in [-0.39, 0.29) is 29.5 Å². The van der Waals surface area contributed by atoms with Crippen LogP contribution in [0.15, 0.2) is 42.5 Å². The SMILES string of the molecule is COc1cc(C(=O)NC[C@](C)(O)c2cc3c(c(-c4ccc(F)c(Cl)c4)n2)OC[C@H]3C)ccc1OC1CC1. The number of halogens is 2. The number of hydrogen-bond donors (Lipinski definition) is 2. The first-order valence-corrected chi connectivity index (χ1v) is 12.5. The summed E-state index contributed by atoms with van der Waals surface area (Å²) in [7, 11) is 1.53. The van der Waals surface area contributed by atoms with Crippen molar-refractivity contribution in [3.8, 4) is 28.5 Å². The second kappa shape index (κ2) is 9.84. The molecule has 7 nitrogen and oxygen atoms in total. The summed E-state index contributed by atoms with van der Waals surface area (Å²) >= 11 is 6.02. The Balaban J connectivity index is 1.39. The highest BCUT2D eigenvalue weighted by atomic mass is 35.5. The van der Waals surface area contributed by atoms with Crippen molar-refractivity contribution in [2.45, 2.75) is 44.3 Å². The van der Waals surface area contributed by atoms with Gasteiger partial charge in [-0.2, -0.15) is 0 Å². The van der Waals surface area contributed by atoms with Crippen molar-refractivity contribution < 1.29 is 28.5 Å². The van der Waals surface area contributed by atoms with E-state index in [1.165, 1.54) is 19.2 Å². The molecule has 2 aliphatic rings. The summed E-state index contributed by atoms with van der Waals surface area (Å²) in [6.07, 6.45) is 2.23. The van der Waals surface area contributed by atoms with Crippen molar-refractivity contribution >= 4 is 17.5 Å². The number of hydrogen-bond acceptors (Lipinski definition) is 6. The van der Waals surface area contributed by atoms with Crippen molar-refractivity contribution in [3.63, 3.8) is 0 Å². The van der Waals surface area contributed by atoms with Crippen LogP contribution in [0.25, 0.3) is 11.3 Å². The van der Waals surface area contributed by atoms with Crippen LogP contribution in [0.2, 0.25) is 5.02 Å². The van der Waals surface area contributed by atoms with Gasteiger partial charge in [-0.3, -0.25) is 4.79 Å². The Bertz CT molecular complexity index is 1360. The van der Waals surface area contributed by atoms with Crippen LogP contribution in [0.3, 0.4) is 0 Å². The summed E-state index contributed by atoms with van der Waals surface area (Å²) in [5, 5.41) is 14.1. The van der Waals surface area contributed by atoms with Crippen molar-refractivity contribution in [2.24, 2.45) is 0 Å². The molecule has 1 amide bonds. The zero-order valence-corrected chi connectivity index (χ0v) is 21.6. The number of benzene rings is 2. The van der Waals surface area contributed by atoms with Crippen molar-refractivity contribution in [1.82, 2.24) is 10.3 Å². The maximum absolute atomic E-state index is 13.8. The predicted molar refractivity (Wildman–Crippen MR) is 137 cm³/mol. The van der Waals surface area contributed by atoms with Crippen LogP contribution in [0.1, 0.15) is 54.2 Å². The first kappa shape index (κ1) is 25.3. The lowest BCUT2D eigenvalue weighted by Crippen LogP contribution is -2.39. The molecule has 37 heavy (non-hydrogen) atoms. The quantitative estimate of drug-likeness (QED) is 0.418. The third kappa shape index (κ3) is 5.22. The molecule has 0 unspecified atom stereocenters. The van der Waals surface area contributed by atoms with Gasteiger partial charge < -0.3 is 24.6 Å². The third-order valence-corrected chi connectivity index (χ3v) is 6.88. The van der Waals surface area contributed by atoms with Crippen LogP contribution in [-0.2, 0) is 5.60 Å². The van der Waals surface area contributed by atoms with Gasteiger partial charge in [0.2, 0.25) is 0 Å².